The van der Waals surface area contributed by atoms with Gasteiger partial charge in [-0.25, -0.2) is 16.8 Å². The van der Waals surface area contributed by atoms with E-state index in [0.717, 1.165) is 25.3 Å². The van der Waals surface area contributed by atoms with Crippen molar-refractivity contribution in [1.29, 1.82) is 0 Å². The number of likely N-dealkylation sites (N-methyl/N-ethyl adjacent to an activating group) is 1. The summed E-state index contributed by atoms with van der Waals surface area (Å²) in [6.45, 7) is -1.92. The van der Waals surface area contributed by atoms with E-state index in [2.05, 4.69) is 21.3 Å². The highest BCUT2D eigenvalue weighted by Gasteiger charge is 2.33. The molecule has 0 saturated carbocycles. The molecule has 0 aliphatic carbocycles. The van der Waals surface area contributed by atoms with E-state index in [1.807, 2.05) is 78.9 Å². The Morgan fingerprint density at radius 3 is 1.42 bits per heavy atom. The van der Waals surface area contributed by atoms with Crippen molar-refractivity contribution >= 4 is 43.7 Å². The van der Waals surface area contributed by atoms with Crippen molar-refractivity contribution in [2.45, 2.75) is 68.4 Å². The fourth-order valence-corrected chi connectivity index (χ4v) is 10.2. The Morgan fingerprint density at radius 2 is 0.985 bits per heavy atom. The molecule has 19 heteroatoms. The van der Waals surface area contributed by atoms with Gasteiger partial charge in [0.2, 0.25) is 43.7 Å². The summed E-state index contributed by atoms with van der Waals surface area (Å²) in [5.41, 5.74) is 20.1. The van der Waals surface area contributed by atoms with Crippen molar-refractivity contribution in [3.05, 3.63) is 144 Å². The summed E-state index contributed by atoms with van der Waals surface area (Å²) in [4.78, 5) is 54.4. The molecular weight excluding hydrogens is 883 g/mol. The van der Waals surface area contributed by atoms with Crippen molar-refractivity contribution in [3.63, 3.8) is 0 Å². The average molecular weight is 948 g/mol. The van der Waals surface area contributed by atoms with E-state index < -0.39 is 86.5 Å². The maximum atomic E-state index is 14.3. The SMILES string of the molecule is CNC(Cc1ccccc1)C(=O)NC(Cc1ccccc1)CN(CC(=O)NC(CCCCN)C(=O)NC(Cc1ccccc1)CN(CC(N)=O)S(=O)(=O)Cc1ccccc1)S(=O)(=O)CCN. The number of unbranched alkanes of at least 4 members (excludes halogenated alkanes) is 1. The smallest absolute Gasteiger partial charge is 0.242 e. The number of rotatable bonds is 30. The molecule has 4 atom stereocenters. The molecular formula is C47H65N9O8S2. The largest absolute Gasteiger partial charge is 0.369 e. The number of benzene rings is 4. The van der Waals surface area contributed by atoms with Crippen LogP contribution in [0.15, 0.2) is 121 Å². The number of nitrogens with one attached hydrogen (secondary N) is 4. The number of carbonyl (C=O) groups excluding carboxylic acids is 4. The number of amides is 4. The normalized spacial score (nSPS) is 13.7. The molecule has 4 amide bonds. The maximum Gasteiger partial charge on any atom is 0.242 e. The molecule has 4 aromatic rings. The van der Waals surface area contributed by atoms with Crippen LogP contribution in [0.2, 0.25) is 0 Å². The molecule has 4 unspecified atom stereocenters. The maximum absolute atomic E-state index is 14.3. The summed E-state index contributed by atoms with van der Waals surface area (Å²) in [5, 5.41) is 11.7. The highest BCUT2D eigenvalue weighted by Crippen LogP contribution is 2.15. The number of nitrogens with two attached hydrogens (primary N) is 3. The molecule has 0 saturated heterocycles. The monoisotopic (exact) mass is 947 g/mol. The lowest BCUT2D eigenvalue weighted by Crippen LogP contribution is -2.56. The van der Waals surface area contributed by atoms with E-state index in [0.29, 0.717) is 31.4 Å². The van der Waals surface area contributed by atoms with E-state index in [-0.39, 0.29) is 44.8 Å². The minimum Gasteiger partial charge on any atom is -0.369 e. The van der Waals surface area contributed by atoms with Gasteiger partial charge in [-0.3, -0.25) is 19.2 Å². The molecule has 0 aliphatic heterocycles. The predicted molar refractivity (Wildman–Crippen MR) is 256 cm³/mol. The van der Waals surface area contributed by atoms with Gasteiger partial charge in [0.1, 0.15) is 6.04 Å². The highest BCUT2D eigenvalue weighted by molar-refractivity contribution is 7.89. The lowest BCUT2D eigenvalue weighted by molar-refractivity contribution is -0.129. The number of primary amides is 1. The number of hydrogen-bond acceptors (Lipinski definition) is 11. The second kappa shape index (κ2) is 27.2. The molecule has 358 valence electrons. The van der Waals surface area contributed by atoms with E-state index >= 15 is 0 Å². The minimum atomic E-state index is -4.19. The zero-order valence-electron chi connectivity index (χ0n) is 37.5. The van der Waals surface area contributed by atoms with Gasteiger partial charge in [0, 0.05) is 31.7 Å². The van der Waals surface area contributed by atoms with Crippen LogP contribution >= 0.6 is 0 Å². The van der Waals surface area contributed by atoms with Crippen molar-refractivity contribution in [1.82, 2.24) is 29.9 Å². The third-order valence-electron chi connectivity index (χ3n) is 10.7. The topological polar surface area (TPSA) is 269 Å². The van der Waals surface area contributed by atoms with Gasteiger partial charge in [0.25, 0.3) is 0 Å². The number of nitrogens with zero attached hydrogens (tertiary/aromatic N) is 2. The Labute approximate surface area is 389 Å². The van der Waals surface area contributed by atoms with E-state index in [9.17, 15) is 36.0 Å². The Morgan fingerprint density at radius 1 is 0.545 bits per heavy atom. The summed E-state index contributed by atoms with van der Waals surface area (Å²) in [5.74, 6) is -3.64. The van der Waals surface area contributed by atoms with Crippen LogP contribution in [0.5, 0.6) is 0 Å². The molecule has 4 rings (SSSR count). The number of carbonyl (C=O) groups is 4. The Balaban J connectivity index is 1.60. The number of sulfonamides is 2. The van der Waals surface area contributed by atoms with Crippen LogP contribution in [0.3, 0.4) is 0 Å². The standard InChI is InChI=1S/C47H65N9O8S2/c1-51-43(30-38-20-10-4-11-21-38)47(60)53-41(29-37-18-8-3-9-19-37)32-56(65(61,62)27-26-49)34-45(58)54-42(24-14-15-25-48)46(59)52-40(28-36-16-6-2-7-17-36)31-55(33-44(50)57)66(63,64)35-39-22-12-5-13-23-39/h2-13,16-23,40-43,51H,14-15,24-35,48-49H2,1H3,(H2,50,57)(H,52,59)(H,53,60)(H,54,58). The molecule has 0 aromatic heterocycles. The zero-order chi connectivity index (χ0) is 48.0. The van der Waals surface area contributed by atoms with Crippen LogP contribution in [-0.4, -0.2) is 125 Å². The van der Waals surface area contributed by atoms with Gasteiger partial charge in [0.15, 0.2) is 0 Å². The van der Waals surface area contributed by atoms with Crippen LogP contribution in [0, 0.1) is 0 Å². The molecule has 4 aromatic carbocycles. The summed E-state index contributed by atoms with van der Waals surface area (Å²) in [6.07, 6.45) is 1.77. The van der Waals surface area contributed by atoms with Crippen LogP contribution in [0.4, 0.5) is 0 Å². The van der Waals surface area contributed by atoms with Gasteiger partial charge >= 0.3 is 0 Å². The minimum absolute atomic E-state index is 0.110. The second-order valence-corrected chi connectivity index (χ2v) is 20.2. The zero-order valence-corrected chi connectivity index (χ0v) is 39.1. The fraction of sp³-hybridized carbons (Fsp3) is 0.404. The molecule has 0 radical (unpaired) electrons. The van der Waals surface area contributed by atoms with Crippen LogP contribution < -0.4 is 38.5 Å². The fourth-order valence-electron chi connectivity index (χ4n) is 7.43. The molecule has 66 heavy (non-hydrogen) atoms. The van der Waals surface area contributed by atoms with Gasteiger partial charge in [-0.15, -0.1) is 0 Å². The van der Waals surface area contributed by atoms with Gasteiger partial charge in [-0.05, 0) is 74.4 Å². The lowest BCUT2D eigenvalue weighted by atomic mass is 10.0. The summed E-state index contributed by atoms with van der Waals surface area (Å²) in [6, 6.07) is 32.5. The second-order valence-electron chi connectivity index (χ2n) is 16.1. The summed E-state index contributed by atoms with van der Waals surface area (Å²) in [7, 11) is -6.67. The molecule has 0 spiro atoms. The first-order valence-corrected chi connectivity index (χ1v) is 25.2. The van der Waals surface area contributed by atoms with E-state index in [1.165, 1.54) is 0 Å². The van der Waals surface area contributed by atoms with Crippen molar-refractivity contribution in [3.8, 4) is 0 Å². The van der Waals surface area contributed by atoms with Crippen molar-refractivity contribution in [2.75, 3.05) is 52.1 Å². The third-order valence-corrected chi connectivity index (χ3v) is 14.3. The van der Waals surface area contributed by atoms with E-state index in [1.54, 1.807) is 49.5 Å². The van der Waals surface area contributed by atoms with Crippen LogP contribution in [0.25, 0.3) is 0 Å². The highest BCUT2D eigenvalue weighted by atomic mass is 32.2. The predicted octanol–water partition coefficient (Wildman–Crippen LogP) is 0.794. The summed E-state index contributed by atoms with van der Waals surface area (Å²) < 4.78 is 57.2. The van der Waals surface area contributed by atoms with Crippen LogP contribution in [0.1, 0.15) is 41.5 Å². The van der Waals surface area contributed by atoms with Gasteiger partial charge in [-0.2, -0.15) is 8.61 Å². The Hall–Kier alpha value is -5.54. The first-order valence-electron chi connectivity index (χ1n) is 22.0. The van der Waals surface area contributed by atoms with Gasteiger partial charge in [0.05, 0.1) is 30.6 Å². The first kappa shape index (κ1) is 53.1. The lowest BCUT2D eigenvalue weighted by Gasteiger charge is -2.30. The number of hydrogen-bond donors (Lipinski definition) is 7. The summed E-state index contributed by atoms with van der Waals surface area (Å²) >= 11 is 0. The van der Waals surface area contributed by atoms with Gasteiger partial charge < -0.3 is 38.5 Å². The Kier molecular flexibility index (Phi) is 21.9. The van der Waals surface area contributed by atoms with E-state index in [4.69, 9.17) is 17.2 Å². The van der Waals surface area contributed by atoms with Gasteiger partial charge in [-0.1, -0.05) is 121 Å². The molecule has 0 fully saturated rings. The quantitative estimate of drug-likeness (QED) is 0.0360. The molecule has 0 bridgehead atoms. The van der Waals surface area contributed by atoms with Crippen molar-refractivity contribution < 1.29 is 36.0 Å². The Bertz CT molecular complexity index is 2330. The molecule has 17 nitrogen and oxygen atoms in total. The van der Waals surface area contributed by atoms with Crippen molar-refractivity contribution in [2.24, 2.45) is 17.2 Å². The average Bonchev–Trinajstić information content (AvgIpc) is 3.28. The third kappa shape index (κ3) is 18.4. The van der Waals surface area contributed by atoms with Crippen LogP contribution in [-0.2, 0) is 64.2 Å². The molecule has 10 N–H and O–H groups in total. The first-order chi connectivity index (χ1) is 31.6. The molecule has 0 heterocycles. The molecule has 0 aliphatic rings.